The van der Waals surface area contributed by atoms with E-state index in [4.69, 9.17) is 5.73 Å². The first-order chi connectivity index (χ1) is 11.8. The molecule has 0 atom stereocenters. The Bertz CT molecular complexity index is 1090. The van der Waals surface area contributed by atoms with Gasteiger partial charge in [-0.1, -0.05) is 78.9 Å². The molecule has 0 unspecified atom stereocenters. The molecule has 0 bridgehead atoms. The zero-order chi connectivity index (χ0) is 16.1. The topological polar surface area (TPSA) is 26.0 Å². The van der Waals surface area contributed by atoms with Crippen LogP contribution in [0.2, 0.25) is 0 Å². The van der Waals surface area contributed by atoms with E-state index >= 15 is 0 Å². The number of nitrogen functional groups attached to an aromatic ring is 1. The highest BCUT2D eigenvalue weighted by molar-refractivity contribution is 6.01. The van der Waals surface area contributed by atoms with Gasteiger partial charge in [-0.3, -0.25) is 0 Å². The van der Waals surface area contributed by atoms with Crippen molar-refractivity contribution in [1.29, 1.82) is 0 Å². The molecule has 1 aliphatic carbocycles. The fourth-order valence-electron chi connectivity index (χ4n) is 3.94. The highest BCUT2D eigenvalue weighted by atomic mass is 14.6. The van der Waals surface area contributed by atoms with E-state index in [1.807, 2.05) is 6.07 Å². The van der Waals surface area contributed by atoms with Gasteiger partial charge in [-0.2, -0.15) is 0 Å². The molecule has 1 aliphatic rings. The summed E-state index contributed by atoms with van der Waals surface area (Å²) < 4.78 is 0. The number of nitrogens with two attached hydrogens (primary N) is 1. The average molecular weight is 307 g/mol. The fraction of sp³-hybridized carbons (Fsp3) is 0.0435. The Balaban J connectivity index is 1.77. The lowest BCUT2D eigenvalue weighted by atomic mass is 9.92. The second-order valence-electron chi connectivity index (χ2n) is 6.41. The molecule has 5 rings (SSSR count). The highest BCUT2D eigenvalue weighted by Crippen LogP contribution is 2.43. The minimum atomic E-state index is 0.873. The molecule has 0 spiro atoms. The summed E-state index contributed by atoms with van der Waals surface area (Å²) in [4.78, 5) is 0. The maximum Gasteiger partial charge on any atom is 0.0473 e. The summed E-state index contributed by atoms with van der Waals surface area (Å²) >= 11 is 0. The largest absolute Gasteiger partial charge is 0.398 e. The van der Waals surface area contributed by atoms with E-state index in [1.165, 1.54) is 33.2 Å². The van der Waals surface area contributed by atoms with Crippen molar-refractivity contribution in [2.75, 3.05) is 5.73 Å². The Labute approximate surface area is 141 Å². The van der Waals surface area contributed by atoms with Crippen molar-refractivity contribution in [3.05, 3.63) is 90.0 Å². The molecule has 0 radical (unpaired) electrons. The maximum absolute atomic E-state index is 6.55. The van der Waals surface area contributed by atoms with E-state index in [0.29, 0.717) is 0 Å². The van der Waals surface area contributed by atoms with Gasteiger partial charge in [0.2, 0.25) is 0 Å². The van der Waals surface area contributed by atoms with Gasteiger partial charge in [-0.05, 0) is 39.6 Å². The van der Waals surface area contributed by atoms with E-state index in [1.54, 1.807) is 0 Å². The minimum Gasteiger partial charge on any atom is -0.398 e. The van der Waals surface area contributed by atoms with Gasteiger partial charge in [-0.25, -0.2) is 0 Å². The van der Waals surface area contributed by atoms with Crippen LogP contribution in [0.25, 0.3) is 33.0 Å². The number of rotatable bonds is 1. The van der Waals surface area contributed by atoms with Crippen LogP contribution < -0.4 is 5.73 Å². The van der Waals surface area contributed by atoms with Crippen LogP contribution in [0.5, 0.6) is 0 Å². The third-order valence-electron chi connectivity index (χ3n) is 5.11. The predicted molar refractivity (Wildman–Crippen MR) is 102 cm³/mol. The molecule has 0 amide bonds. The van der Waals surface area contributed by atoms with E-state index in [-0.39, 0.29) is 0 Å². The van der Waals surface area contributed by atoms with Crippen molar-refractivity contribution in [2.24, 2.45) is 0 Å². The molecule has 1 nitrogen and oxygen atoms in total. The van der Waals surface area contributed by atoms with Gasteiger partial charge in [0.25, 0.3) is 0 Å². The number of benzene rings is 4. The average Bonchev–Trinajstić information content (AvgIpc) is 3.01. The molecule has 0 fully saturated rings. The number of hydrogen-bond donors (Lipinski definition) is 1. The Morgan fingerprint density at radius 2 is 1.29 bits per heavy atom. The third-order valence-corrected chi connectivity index (χ3v) is 5.11. The van der Waals surface area contributed by atoms with Crippen LogP contribution in [0.3, 0.4) is 0 Å². The van der Waals surface area contributed by atoms with Crippen molar-refractivity contribution < 1.29 is 0 Å². The third kappa shape index (κ3) is 1.82. The predicted octanol–water partition coefficient (Wildman–Crippen LogP) is 5.66. The van der Waals surface area contributed by atoms with Crippen LogP contribution >= 0.6 is 0 Å². The maximum atomic E-state index is 6.55. The first-order valence-corrected chi connectivity index (χ1v) is 8.31. The van der Waals surface area contributed by atoms with Gasteiger partial charge >= 0.3 is 0 Å². The monoisotopic (exact) mass is 307 g/mol. The standard InChI is InChI=1S/C23H17N/c24-23-18-9-4-1-6-15(18)12-13-21(23)20-11-5-10-19-17-8-3-2-7-16(17)14-22(19)20/h1-13H,14,24H2. The lowest BCUT2D eigenvalue weighted by Gasteiger charge is -2.13. The Kier molecular flexibility index (Phi) is 2.77. The molecular formula is C23H17N. The first-order valence-electron chi connectivity index (χ1n) is 8.31. The molecule has 0 aromatic heterocycles. The zero-order valence-electron chi connectivity index (χ0n) is 13.3. The fourth-order valence-corrected chi connectivity index (χ4v) is 3.94. The first kappa shape index (κ1) is 13.4. The summed E-state index contributed by atoms with van der Waals surface area (Å²) in [5.74, 6) is 0. The molecule has 4 aromatic carbocycles. The molecule has 1 heteroatoms. The van der Waals surface area contributed by atoms with Gasteiger partial charge in [0.1, 0.15) is 0 Å². The lowest BCUT2D eigenvalue weighted by molar-refractivity contribution is 1.26. The molecule has 24 heavy (non-hydrogen) atoms. The summed E-state index contributed by atoms with van der Waals surface area (Å²) in [6.45, 7) is 0. The van der Waals surface area contributed by atoms with Crippen LogP contribution in [0.1, 0.15) is 11.1 Å². The summed E-state index contributed by atoms with van der Waals surface area (Å²) in [7, 11) is 0. The molecule has 4 aromatic rings. The van der Waals surface area contributed by atoms with Crippen molar-refractivity contribution in [3.63, 3.8) is 0 Å². The van der Waals surface area contributed by atoms with Gasteiger partial charge in [0.15, 0.2) is 0 Å². The Hall–Kier alpha value is -3.06. The van der Waals surface area contributed by atoms with E-state index in [9.17, 15) is 0 Å². The SMILES string of the molecule is Nc1c(-c2cccc3c2Cc2ccccc2-3)ccc2ccccc12. The van der Waals surface area contributed by atoms with Crippen molar-refractivity contribution in [2.45, 2.75) is 6.42 Å². The van der Waals surface area contributed by atoms with E-state index < -0.39 is 0 Å². The normalized spacial score (nSPS) is 12.2. The van der Waals surface area contributed by atoms with E-state index in [0.717, 1.165) is 23.1 Å². The number of fused-ring (bicyclic) bond motifs is 4. The van der Waals surface area contributed by atoms with Crippen LogP contribution in [-0.4, -0.2) is 0 Å². The molecule has 2 N–H and O–H groups in total. The van der Waals surface area contributed by atoms with Crippen LogP contribution in [0, 0.1) is 0 Å². The second-order valence-corrected chi connectivity index (χ2v) is 6.41. The lowest BCUT2D eigenvalue weighted by Crippen LogP contribution is -1.95. The zero-order valence-corrected chi connectivity index (χ0v) is 13.3. The summed E-state index contributed by atoms with van der Waals surface area (Å²) in [6.07, 6.45) is 0.980. The summed E-state index contributed by atoms with van der Waals surface area (Å²) in [6, 6.07) is 27.9. The van der Waals surface area contributed by atoms with E-state index in [2.05, 4.69) is 72.8 Å². The van der Waals surface area contributed by atoms with Gasteiger partial charge in [-0.15, -0.1) is 0 Å². The molecule has 0 saturated heterocycles. The molecule has 0 heterocycles. The number of anilines is 1. The van der Waals surface area contributed by atoms with Crippen molar-refractivity contribution in [3.8, 4) is 22.3 Å². The van der Waals surface area contributed by atoms with Gasteiger partial charge < -0.3 is 5.73 Å². The van der Waals surface area contributed by atoms with Crippen LogP contribution in [0.15, 0.2) is 78.9 Å². The quantitative estimate of drug-likeness (QED) is 0.397. The molecule has 0 saturated carbocycles. The Morgan fingerprint density at radius 3 is 2.21 bits per heavy atom. The summed E-state index contributed by atoms with van der Waals surface area (Å²) in [5, 5.41) is 2.32. The van der Waals surface area contributed by atoms with Gasteiger partial charge in [0.05, 0.1) is 0 Å². The van der Waals surface area contributed by atoms with Gasteiger partial charge in [0, 0.05) is 16.6 Å². The van der Waals surface area contributed by atoms with Crippen LogP contribution in [0.4, 0.5) is 5.69 Å². The number of hydrogen-bond acceptors (Lipinski definition) is 1. The minimum absolute atomic E-state index is 0.873. The highest BCUT2D eigenvalue weighted by Gasteiger charge is 2.21. The molecule has 114 valence electrons. The van der Waals surface area contributed by atoms with Crippen molar-refractivity contribution >= 4 is 16.5 Å². The molecule has 0 aliphatic heterocycles. The molecular weight excluding hydrogens is 290 g/mol. The van der Waals surface area contributed by atoms with Crippen LogP contribution in [-0.2, 0) is 6.42 Å². The Morgan fingerprint density at radius 1 is 0.583 bits per heavy atom. The second kappa shape index (κ2) is 4.97. The smallest absolute Gasteiger partial charge is 0.0473 e. The van der Waals surface area contributed by atoms with Crippen molar-refractivity contribution in [1.82, 2.24) is 0 Å². The summed E-state index contributed by atoms with van der Waals surface area (Å²) in [5.41, 5.74) is 15.3.